The van der Waals surface area contributed by atoms with Crippen LogP contribution < -0.4 is 5.73 Å². The molecule has 3 unspecified atom stereocenters. The Kier molecular flexibility index (Phi) is 8.45. The molecule has 21 heavy (non-hydrogen) atoms. The van der Waals surface area contributed by atoms with Crippen molar-refractivity contribution in [2.45, 2.75) is 38.4 Å². The lowest BCUT2D eigenvalue weighted by atomic mass is 9.99. The van der Waals surface area contributed by atoms with Crippen LogP contribution in [-0.4, -0.2) is 55.9 Å². The van der Waals surface area contributed by atoms with Crippen LogP contribution in [0.1, 0.15) is 32.0 Å². The lowest BCUT2D eigenvalue weighted by molar-refractivity contribution is 0.0365. The van der Waals surface area contributed by atoms with Crippen LogP contribution in [0.3, 0.4) is 0 Å². The second-order valence-electron chi connectivity index (χ2n) is 5.31. The van der Waals surface area contributed by atoms with Crippen molar-refractivity contribution in [3.05, 3.63) is 30.1 Å². The molecule has 0 spiro atoms. The van der Waals surface area contributed by atoms with E-state index in [1.165, 1.54) is 0 Å². The fraction of sp³-hybridized carbons (Fsp3) is 0.688. The third-order valence-corrected chi connectivity index (χ3v) is 3.75. The second kappa shape index (κ2) is 9.84. The molecule has 0 fully saturated rings. The summed E-state index contributed by atoms with van der Waals surface area (Å²) in [6.45, 7) is 6.38. The monoisotopic (exact) mass is 295 g/mol. The molecular formula is C16H29N3O2. The molecule has 2 N–H and O–H groups in total. The summed E-state index contributed by atoms with van der Waals surface area (Å²) in [5, 5.41) is 0. The van der Waals surface area contributed by atoms with E-state index in [1.54, 1.807) is 14.2 Å². The number of aromatic nitrogens is 1. The van der Waals surface area contributed by atoms with Crippen LogP contribution >= 0.6 is 0 Å². The maximum Gasteiger partial charge on any atom is 0.0677 e. The van der Waals surface area contributed by atoms with Crippen molar-refractivity contribution in [1.29, 1.82) is 0 Å². The second-order valence-corrected chi connectivity index (χ2v) is 5.31. The van der Waals surface area contributed by atoms with Gasteiger partial charge in [-0.15, -0.1) is 0 Å². The molecule has 0 amide bonds. The number of pyridine rings is 1. The maximum absolute atomic E-state index is 6.39. The average molecular weight is 295 g/mol. The number of hydrogen-bond donors (Lipinski definition) is 1. The normalized spacial score (nSPS) is 15.9. The first-order chi connectivity index (χ1) is 10.2. The predicted octanol–water partition coefficient (Wildman–Crippen LogP) is 1.84. The largest absolute Gasteiger partial charge is 0.383 e. The minimum absolute atomic E-state index is 0.0241. The Labute approximate surface area is 128 Å². The molecule has 0 aromatic carbocycles. The first-order valence-electron chi connectivity index (χ1n) is 7.55. The fourth-order valence-electron chi connectivity index (χ4n) is 2.58. The van der Waals surface area contributed by atoms with Crippen LogP contribution in [0.15, 0.2) is 24.4 Å². The number of rotatable bonds is 10. The Morgan fingerprint density at radius 2 is 2.05 bits per heavy atom. The third-order valence-electron chi connectivity index (χ3n) is 3.75. The number of nitrogens with two attached hydrogens (primary N) is 1. The van der Waals surface area contributed by atoms with Gasteiger partial charge < -0.3 is 15.2 Å². The van der Waals surface area contributed by atoms with Crippen molar-refractivity contribution < 1.29 is 9.47 Å². The Balaban J connectivity index is 3.04. The summed E-state index contributed by atoms with van der Waals surface area (Å²) in [6.07, 6.45) is 2.71. The molecule has 1 aromatic rings. The number of ether oxygens (including phenoxy) is 2. The van der Waals surface area contributed by atoms with Crippen LogP contribution in [0.25, 0.3) is 0 Å². The van der Waals surface area contributed by atoms with Gasteiger partial charge in [-0.05, 0) is 25.5 Å². The Hall–Kier alpha value is -1.01. The van der Waals surface area contributed by atoms with Crippen LogP contribution in [0.4, 0.5) is 0 Å². The standard InChI is InChI=1S/C16H29N3O2/c1-5-14(17)16(15-8-6-7-9-18-15)19(10-11-20-3)13(2)12-21-4/h6-9,13-14,16H,5,10-12,17H2,1-4H3. The van der Waals surface area contributed by atoms with Crippen molar-refractivity contribution in [1.82, 2.24) is 9.88 Å². The van der Waals surface area contributed by atoms with Gasteiger partial charge in [-0.25, -0.2) is 0 Å². The smallest absolute Gasteiger partial charge is 0.0677 e. The maximum atomic E-state index is 6.39. The summed E-state index contributed by atoms with van der Waals surface area (Å²) in [6, 6.07) is 6.31. The Morgan fingerprint density at radius 1 is 1.29 bits per heavy atom. The van der Waals surface area contributed by atoms with Crippen LogP contribution in [0.2, 0.25) is 0 Å². The minimum atomic E-state index is 0.0241. The van der Waals surface area contributed by atoms with E-state index >= 15 is 0 Å². The Morgan fingerprint density at radius 3 is 2.57 bits per heavy atom. The lowest BCUT2D eigenvalue weighted by Crippen LogP contribution is -2.48. The van der Waals surface area contributed by atoms with Gasteiger partial charge in [0.05, 0.1) is 24.9 Å². The molecule has 1 heterocycles. The molecule has 1 rings (SSSR count). The molecule has 5 heteroatoms. The highest BCUT2D eigenvalue weighted by molar-refractivity contribution is 5.12. The number of methoxy groups -OCH3 is 2. The van der Waals surface area contributed by atoms with Crippen molar-refractivity contribution >= 4 is 0 Å². The highest BCUT2D eigenvalue weighted by atomic mass is 16.5. The van der Waals surface area contributed by atoms with E-state index in [0.717, 1.165) is 18.7 Å². The molecule has 120 valence electrons. The van der Waals surface area contributed by atoms with Crippen molar-refractivity contribution in [2.24, 2.45) is 5.73 Å². The average Bonchev–Trinajstić information content (AvgIpc) is 2.51. The Bertz CT molecular complexity index is 375. The van der Waals surface area contributed by atoms with E-state index in [2.05, 4.69) is 23.7 Å². The van der Waals surface area contributed by atoms with Gasteiger partial charge in [-0.2, -0.15) is 0 Å². The summed E-state index contributed by atoms with van der Waals surface area (Å²) in [4.78, 5) is 6.85. The summed E-state index contributed by atoms with van der Waals surface area (Å²) < 4.78 is 10.6. The summed E-state index contributed by atoms with van der Waals surface area (Å²) in [5.74, 6) is 0. The summed E-state index contributed by atoms with van der Waals surface area (Å²) in [7, 11) is 3.44. The molecule has 0 aliphatic rings. The number of hydrogen-bond acceptors (Lipinski definition) is 5. The van der Waals surface area contributed by atoms with Crippen molar-refractivity contribution in [2.75, 3.05) is 34.0 Å². The summed E-state index contributed by atoms with van der Waals surface area (Å²) in [5.41, 5.74) is 7.40. The van der Waals surface area contributed by atoms with Crippen LogP contribution in [-0.2, 0) is 9.47 Å². The molecule has 1 aromatic heterocycles. The SMILES string of the molecule is CCC(N)C(c1ccccn1)N(CCOC)C(C)COC. The highest BCUT2D eigenvalue weighted by Gasteiger charge is 2.29. The molecule has 0 aliphatic heterocycles. The third kappa shape index (κ3) is 5.36. The van der Waals surface area contributed by atoms with Gasteiger partial charge in [0.1, 0.15) is 0 Å². The van der Waals surface area contributed by atoms with Gasteiger partial charge in [-0.3, -0.25) is 9.88 Å². The lowest BCUT2D eigenvalue weighted by Gasteiger charge is -2.38. The molecule has 3 atom stereocenters. The molecule has 0 radical (unpaired) electrons. The van der Waals surface area contributed by atoms with Gasteiger partial charge in [-0.1, -0.05) is 13.0 Å². The van der Waals surface area contributed by atoms with E-state index in [9.17, 15) is 0 Å². The fourth-order valence-corrected chi connectivity index (χ4v) is 2.58. The van der Waals surface area contributed by atoms with E-state index in [4.69, 9.17) is 15.2 Å². The molecule has 0 aliphatic carbocycles. The van der Waals surface area contributed by atoms with Crippen LogP contribution in [0, 0.1) is 0 Å². The van der Waals surface area contributed by atoms with E-state index in [0.29, 0.717) is 13.2 Å². The minimum Gasteiger partial charge on any atom is -0.383 e. The quantitative estimate of drug-likeness (QED) is 0.714. The summed E-state index contributed by atoms with van der Waals surface area (Å²) >= 11 is 0. The van der Waals surface area contributed by atoms with Crippen molar-refractivity contribution in [3.63, 3.8) is 0 Å². The van der Waals surface area contributed by atoms with Gasteiger partial charge >= 0.3 is 0 Å². The zero-order valence-corrected chi connectivity index (χ0v) is 13.7. The molecular weight excluding hydrogens is 266 g/mol. The molecule has 0 saturated carbocycles. The van der Waals surface area contributed by atoms with Gasteiger partial charge in [0.2, 0.25) is 0 Å². The van der Waals surface area contributed by atoms with E-state index in [1.807, 2.05) is 24.4 Å². The molecule has 0 saturated heterocycles. The first kappa shape index (κ1) is 18.0. The van der Waals surface area contributed by atoms with Gasteiger partial charge in [0.25, 0.3) is 0 Å². The molecule has 5 nitrogen and oxygen atoms in total. The zero-order valence-electron chi connectivity index (χ0n) is 13.7. The highest BCUT2D eigenvalue weighted by Crippen LogP contribution is 2.25. The topological polar surface area (TPSA) is 60.6 Å². The van der Waals surface area contributed by atoms with Crippen molar-refractivity contribution in [3.8, 4) is 0 Å². The first-order valence-corrected chi connectivity index (χ1v) is 7.55. The van der Waals surface area contributed by atoms with Gasteiger partial charge in [0.15, 0.2) is 0 Å². The zero-order chi connectivity index (χ0) is 15.7. The number of nitrogens with zero attached hydrogens (tertiary/aromatic N) is 2. The van der Waals surface area contributed by atoms with E-state index in [-0.39, 0.29) is 18.1 Å². The predicted molar refractivity (Wildman–Crippen MR) is 85.2 cm³/mol. The van der Waals surface area contributed by atoms with E-state index < -0.39 is 0 Å². The molecule has 0 bridgehead atoms. The van der Waals surface area contributed by atoms with Gasteiger partial charge in [0, 0.05) is 39.0 Å². The van der Waals surface area contributed by atoms with Crippen LogP contribution in [0.5, 0.6) is 0 Å².